The van der Waals surface area contributed by atoms with Crippen molar-refractivity contribution in [2.24, 2.45) is 5.10 Å². The summed E-state index contributed by atoms with van der Waals surface area (Å²) in [4.78, 5) is 12.0. The summed E-state index contributed by atoms with van der Waals surface area (Å²) in [6, 6.07) is 19.1. The lowest BCUT2D eigenvalue weighted by molar-refractivity contribution is 0.140. The molecule has 0 spiro atoms. The highest BCUT2D eigenvalue weighted by Gasteiger charge is 2.15. The van der Waals surface area contributed by atoms with Gasteiger partial charge in [-0.2, -0.15) is 5.10 Å². The van der Waals surface area contributed by atoms with E-state index in [1.807, 2.05) is 48.5 Å². The predicted molar refractivity (Wildman–Crippen MR) is 118 cm³/mol. The molecule has 1 aliphatic rings. The van der Waals surface area contributed by atoms with Crippen LogP contribution in [0, 0.1) is 0 Å². The van der Waals surface area contributed by atoms with Crippen LogP contribution in [0.25, 0.3) is 0 Å². The van der Waals surface area contributed by atoms with Gasteiger partial charge in [0.25, 0.3) is 0 Å². The fourth-order valence-corrected chi connectivity index (χ4v) is 3.14. The first-order chi connectivity index (χ1) is 14.1. The third-order valence-corrected chi connectivity index (χ3v) is 4.92. The summed E-state index contributed by atoms with van der Waals surface area (Å²) in [5, 5.41) is 6.89. The van der Waals surface area contributed by atoms with Gasteiger partial charge in [0.2, 0.25) is 0 Å². The summed E-state index contributed by atoms with van der Waals surface area (Å²) in [6.45, 7) is 5.43. The zero-order chi connectivity index (χ0) is 20.5. The second-order valence-electron chi connectivity index (χ2n) is 7.21. The van der Waals surface area contributed by atoms with E-state index in [0.717, 1.165) is 29.7 Å². The van der Waals surface area contributed by atoms with E-state index in [0.29, 0.717) is 13.2 Å². The molecule has 5 nitrogen and oxygen atoms in total. The minimum Gasteiger partial charge on any atom is -0.372 e. The van der Waals surface area contributed by atoms with Crippen molar-refractivity contribution in [2.75, 3.05) is 11.9 Å². The van der Waals surface area contributed by atoms with Crippen LogP contribution in [0.5, 0.6) is 0 Å². The van der Waals surface area contributed by atoms with Crippen LogP contribution in [-0.2, 0) is 11.3 Å². The van der Waals surface area contributed by atoms with Crippen LogP contribution in [0.2, 0.25) is 0 Å². The SMILES string of the molecule is CC1=C(C)CC(COCc2ccccc2)=C(/C=N/NC(=O)Nc2ccccc2)C1. The van der Waals surface area contributed by atoms with Gasteiger partial charge in [-0.15, -0.1) is 0 Å². The zero-order valence-electron chi connectivity index (χ0n) is 16.9. The fourth-order valence-electron chi connectivity index (χ4n) is 3.14. The lowest BCUT2D eigenvalue weighted by Crippen LogP contribution is -2.24. The van der Waals surface area contributed by atoms with E-state index in [4.69, 9.17) is 4.74 Å². The van der Waals surface area contributed by atoms with Crippen LogP contribution in [-0.4, -0.2) is 18.9 Å². The van der Waals surface area contributed by atoms with Crippen LogP contribution in [0.15, 0.2) is 88.1 Å². The standard InChI is InChI=1S/C24H27N3O2/c1-18-13-21(15-25-27-24(28)26-23-11-7-4-8-12-23)22(14-19(18)2)17-29-16-20-9-5-3-6-10-20/h3-12,15H,13-14,16-17H2,1-2H3,(H2,26,27,28)/b25-15+. The lowest BCUT2D eigenvalue weighted by Gasteiger charge is -2.21. The largest absolute Gasteiger partial charge is 0.372 e. The van der Waals surface area contributed by atoms with E-state index in [-0.39, 0.29) is 6.03 Å². The first kappa shape index (κ1) is 20.6. The smallest absolute Gasteiger partial charge is 0.339 e. The van der Waals surface area contributed by atoms with Crippen molar-refractivity contribution in [3.8, 4) is 0 Å². The average Bonchev–Trinajstić information content (AvgIpc) is 2.73. The highest BCUT2D eigenvalue weighted by molar-refractivity contribution is 5.90. The topological polar surface area (TPSA) is 62.7 Å². The second-order valence-corrected chi connectivity index (χ2v) is 7.21. The first-order valence-electron chi connectivity index (χ1n) is 9.74. The summed E-state index contributed by atoms with van der Waals surface area (Å²) in [5.41, 5.74) is 9.43. The number of ether oxygens (including phenoxy) is 1. The summed E-state index contributed by atoms with van der Waals surface area (Å²) in [6.07, 6.45) is 3.43. The number of urea groups is 1. The Labute approximate surface area is 172 Å². The number of nitrogens with zero attached hydrogens (tertiary/aromatic N) is 1. The number of para-hydroxylation sites is 1. The third-order valence-electron chi connectivity index (χ3n) is 4.92. The molecular formula is C24H27N3O2. The van der Waals surface area contributed by atoms with Gasteiger partial charge in [0.15, 0.2) is 0 Å². The molecule has 5 heteroatoms. The number of anilines is 1. The van der Waals surface area contributed by atoms with Crippen molar-refractivity contribution in [3.63, 3.8) is 0 Å². The van der Waals surface area contributed by atoms with E-state index in [9.17, 15) is 4.79 Å². The van der Waals surface area contributed by atoms with Gasteiger partial charge in [-0.3, -0.25) is 0 Å². The van der Waals surface area contributed by atoms with Crippen LogP contribution < -0.4 is 10.7 Å². The number of carbonyl (C=O) groups excluding carboxylic acids is 1. The van der Waals surface area contributed by atoms with Crippen molar-refractivity contribution in [2.45, 2.75) is 33.3 Å². The maximum absolute atomic E-state index is 12.0. The maximum Gasteiger partial charge on any atom is 0.339 e. The van der Waals surface area contributed by atoms with Crippen LogP contribution in [0.1, 0.15) is 32.3 Å². The Morgan fingerprint density at radius 1 is 0.966 bits per heavy atom. The molecule has 29 heavy (non-hydrogen) atoms. The van der Waals surface area contributed by atoms with Gasteiger partial charge in [-0.1, -0.05) is 59.7 Å². The van der Waals surface area contributed by atoms with Crippen molar-refractivity contribution in [1.82, 2.24) is 5.43 Å². The molecule has 3 rings (SSSR count). The average molecular weight is 389 g/mol. The number of rotatable bonds is 7. The van der Waals surface area contributed by atoms with Crippen LogP contribution in [0.4, 0.5) is 10.5 Å². The minimum absolute atomic E-state index is 0.366. The molecule has 0 radical (unpaired) electrons. The van der Waals surface area contributed by atoms with E-state index >= 15 is 0 Å². The Morgan fingerprint density at radius 3 is 2.34 bits per heavy atom. The van der Waals surface area contributed by atoms with Crippen LogP contribution in [0.3, 0.4) is 0 Å². The third kappa shape index (κ3) is 6.43. The van der Waals surface area contributed by atoms with E-state index in [2.05, 4.69) is 41.8 Å². The number of carbonyl (C=O) groups is 1. The molecule has 0 fully saturated rings. The molecule has 0 atom stereocenters. The Balaban J connectivity index is 1.58. The highest BCUT2D eigenvalue weighted by atomic mass is 16.5. The molecule has 0 saturated carbocycles. The van der Waals surface area contributed by atoms with Gasteiger partial charge in [0.1, 0.15) is 0 Å². The number of benzene rings is 2. The summed E-state index contributed by atoms with van der Waals surface area (Å²) in [5.74, 6) is 0. The van der Waals surface area contributed by atoms with Crippen molar-refractivity contribution in [1.29, 1.82) is 0 Å². The number of hydrogen-bond acceptors (Lipinski definition) is 3. The normalized spacial score (nSPS) is 14.4. The van der Waals surface area contributed by atoms with E-state index in [1.165, 1.54) is 16.7 Å². The van der Waals surface area contributed by atoms with Crippen LogP contribution >= 0.6 is 0 Å². The molecule has 0 unspecified atom stereocenters. The highest BCUT2D eigenvalue weighted by Crippen LogP contribution is 2.29. The molecule has 2 aromatic rings. The molecule has 2 aromatic carbocycles. The van der Waals surface area contributed by atoms with Gasteiger partial charge in [-0.25, -0.2) is 10.2 Å². The monoisotopic (exact) mass is 389 g/mol. The number of allylic oxidation sites excluding steroid dienone is 3. The van der Waals surface area contributed by atoms with Gasteiger partial charge in [-0.05, 0) is 55.5 Å². The second kappa shape index (κ2) is 10.4. The number of amides is 2. The van der Waals surface area contributed by atoms with Gasteiger partial charge in [0.05, 0.1) is 19.4 Å². The van der Waals surface area contributed by atoms with Gasteiger partial charge >= 0.3 is 6.03 Å². The minimum atomic E-state index is -0.366. The van der Waals surface area contributed by atoms with Crippen molar-refractivity contribution < 1.29 is 9.53 Å². The quantitative estimate of drug-likeness (QED) is 0.376. The zero-order valence-corrected chi connectivity index (χ0v) is 16.9. The molecule has 2 N–H and O–H groups in total. The molecule has 0 heterocycles. The number of hydrazone groups is 1. The van der Waals surface area contributed by atoms with E-state index in [1.54, 1.807) is 6.21 Å². The lowest BCUT2D eigenvalue weighted by atomic mass is 9.88. The van der Waals surface area contributed by atoms with Gasteiger partial charge in [0, 0.05) is 5.69 Å². The Hall–Kier alpha value is -3.18. The molecule has 0 aliphatic heterocycles. The molecule has 0 bridgehead atoms. The number of nitrogens with one attached hydrogen (secondary N) is 2. The van der Waals surface area contributed by atoms with E-state index < -0.39 is 0 Å². The van der Waals surface area contributed by atoms with Crippen molar-refractivity contribution >= 4 is 17.9 Å². The molecule has 0 aromatic heterocycles. The number of hydrogen-bond donors (Lipinski definition) is 2. The molecule has 1 aliphatic carbocycles. The fraction of sp³-hybridized carbons (Fsp3) is 0.250. The summed E-state index contributed by atoms with van der Waals surface area (Å²) in [7, 11) is 0. The molecule has 0 saturated heterocycles. The van der Waals surface area contributed by atoms with Gasteiger partial charge < -0.3 is 10.1 Å². The maximum atomic E-state index is 12.0. The molecular weight excluding hydrogens is 362 g/mol. The Bertz CT molecular complexity index is 916. The summed E-state index contributed by atoms with van der Waals surface area (Å²) < 4.78 is 5.94. The van der Waals surface area contributed by atoms with Crippen molar-refractivity contribution in [3.05, 3.63) is 88.5 Å². The Kier molecular flexibility index (Phi) is 7.36. The molecule has 150 valence electrons. The first-order valence-corrected chi connectivity index (χ1v) is 9.74. The summed E-state index contributed by atoms with van der Waals surface area (Å²) >= 11 is 0. The predicted octanol–water partition coefficient (Wildman–Crippen LogP) is 5.44. The Morgan fingerprint density at radius 2 is 1.62 bits per heavy atom. The molecule has 2 amide bonds.